The van der Waals surface area contributed by atoms with Crippen LogP contribution in [0.5, 0.6) is 0 Å². The lowest BCUT2D eigenvalue weighted by Gasteiger charge is -2.34. The zero-order valence-corrected chi connectivity index (χ0v) is 25.4. The van der Waals surface area contributed by atoms with Crippen molar-refractivity contribution < 1.29 is 18.6 Å². The molecule has 0 saturated carbocycles. The molecule has 0 N–H and O–H groups in total. The molecule has 0 amide bonds. The van der Waals surface area contributed by atoms with Crippen molar-refractivity contribution in [3.05, 3.63) is 54.1 Å². The van der Waals surface area contributed by atoms with Gasteiger partial charge in [-0.05, 0) is 72.1 Å². The van der Waals surface area contributed by atoms with Gasteiger partial charge < -0.3 is 18.6 Å². The summed E-state index contributed by atoms with van der Waals surface area (Å²) in [6, 6.07) is 17.8. The fraction of sp³-hybridized carbons (Fsp3) is 0.586. The molecule has 2 aromatic rings. The van der Waals surface area contributed by atoms with Crippen molar-refractivity contribution in [2.45, 2.75) is 110 Å². The zero-order chi connectivity index (χ0) is 26.9. The van der Waals surface area contributed by atoms with Crippen LogP contribution in [0.15, 0.2) is 48.5 Å². The van der Waals surface area contributed by atoms with E-state index in [-0.39, 0.29) is 0 Å². The van der Waals surface area contributed by atoms with E-state index in [1.165, 1.54) is 16.3 Å². The molecule has 2 saturated heterocycles. The van der Waals surface area contributed by atoms with Gasteiger partial charge in [-0.1, -0.05) is 80.3 Å². The van der Waals surface area contributed by atoms with Crippen LogP contribution in [-0.4, -0.2) is 44.7 Å². The van der Waals surface area contributed by atoms with Gasteiger partial charge in [-0.3, -0.25) is 0 Å². The third-order valence-corrected chi connectivity index (χ3v) is 11.1. The first-order valence-corrected chi connectivity index (χ1v) is 16.7. The Hall–Kier alpha value is -1.37. The van der Waals surface area contributed by atoms with Crippen LogP contribution in [0.2, 0.25) is 19.6 Å². The first-order valence-electron chi connectivity index (χ1n) is 13.2. The second kappa shape index (κ2) is 8.57. The molecule has 2 aliphatic rings. The van der Waals surface area contributed by atoms with Gasteiger partial charge in [0.1, 0.15) is 0 Å². The first kappa shape index (κ1) is 27.7. The van der Waals surface area contributed by atoms with Gasteiger partial charge in [-0.25, -0.2) is 0 Å². The Bertz CT molecular complexity index is 1030. The molecular weight excluding hydrogens is 462 g/mol. The fourth-order valence-corrected chi connectivity index (χ4v) is 5.91. The van der Waals surface area contributed by atoms with Crippen molar-refractivity contribution in [3.8, 4) is 11.1 Å². The van der Waals surface area contributed by atoms with E-state index in [0.29, 0.717) is 0 Å². The molecule has 0 bridgehead atoms. The molecule has 2 fully saturated rings. The Balaban J connectivity index is 1.73. The molecule has 0 radical (unpaired) electrons. The molecule has 0 atom stereocenters. The molecule has 0 unspecified atom stereocenters. The highest BCUT2D eigenvalue weighted by atomic mass is 28.3. The van der Waals surface area contributed by atoms with E-state index in [1.54, 1.807) is 0 Å². The van der Waals surface area contributed by atoms with E-state index in [2.05, 4.69) is 130 Å². The minimum absolute atomic E-state index is 0.458. The summed E-state index contributed by atoms with van der Waals surface area (Å²) < 4.78 is 26.5. The zero-order valence-electron chi connectivity index (χ0n) is 24.4. The van der Waals surface area contributed by atoms with Gasteiger partial charge in [-0.15, -0.1) is 0 Å². The van der Waals surface area contributed by atoms with Gasteiger partial charge in [0.15, 0.2) is 0 Å². The maximum absolute atomic E-state index is 6.61. The van der Waals surface area contributed by atoms with Crippen molar-refractivity contribution in [2.75, 3.05) is 0 Å². The summed E-state index contributed by atoms with van der Waals surface area (Å²) in [5, 5.41) is 0.785. The highest BCUT2D eigenvalue weighted by molar-refractivity contribution is 6.88. The van der Waals surface area contributed by atoms with Crippen LogP contribution in [0.25, 0.3) is 11.1 Å². The topological polar surface area (TPSA) is 36.9 Å². The van der Waals surface area contributed by atoms with Crippen LogP contribution >= 0.6 is 0 Å². The predicted molar refractivity (Wildman–Crippen MR) is 154 cm³/mol. The Kier molecular flexibility index (Phi) is 6.58. The number of rotatable bonds is 5. The lowest BCUT2D eigenvalue weighted by molar-refractivity contribution is 0.00578. The summed E-state index contributed by atoms with van der Waals surface area (Å²) in [5.74, 6) is 0. The second-order valence-corrected chi connectivity index (χ2v) is 18.9. The lowest BCUT2D eigenvalue weighted by Crippen LogP contribution is -2.56. The Morgan fingerprint density at radius 2 is 0.861 bits per heavy atom. The second-order valence-electron chi connectivity index (χ2n) is 13.9. The normalized spacial score (nSPS) is 22.8. The molecular formula is C29H44B2O4Si. The van der Waals surface area contributed by atoms with Crippen LogP contribution in [0, 0.1) is 0 Å². The fourth-order valence-electron chi connectivity index (χ4n) is 4.74. The summed E-state index contributed by atoms with van der Waals surface area (Å²) in [6.45, 7) is 26.0. The Morgan fingerprint density at radius 1 is 0.556 bits per heavy atom. The summed E-state index contributed by atoms with van der Waals surface area (Å²) >= 11 is 0. The van der Waals surface area contributed by atoms with Gasteiger partial charge in [0.05, 0.1) is 35.7 Å². The molecule has 2 heterocycles. The van der Waals surface area contributed by atoms with Crippen LogP contribution < -0.4 is 5.19 Å². The minimum Gasteiger partial charge on any atom is -0.403 e. The standard InChI is InChI=1S/C29H44B2O4Si/c1-25(2)26(3,4)33-30(32-25)29(9,31-34-27(5,6)28(7,8)35-31)23-17-13-21(14-18-23)22-15-19-24(20-16-22)36(10,11)12/h13-20H,1-12H3. The van der Waals surface area contributed by atoms with Crippen molar-refractivity contribution in [2.24, 2.45) is 0 Å². The van der Waals surface area contributed by atoms with E-state index < -0.39 is 49.9 Å². The average molecular weight is 506 g/mol. The quantitative estimate of drug-likeness (QED) is 0.439. The van der Waals surface area contributed by atoms with Crippen LogP contribution in [0.1, 0.15) is 67.9 Å². The monoisotopic (exact) mass is 506 g/mol. The maximum atomic E-state index is 6.61. The van der Waals surface area contributed by atoms with Gasteiger partial charge in [-0.2, -0.15) is 0 Å². The molecule has 36 heavy (non-hydrogen) atoms. The predicted octanol–water partition coefficient (Wildman–Crippen LogP) is 6.42. The Labute approximate surface area is 220 Å². The van der Waals surface area contributed by atoms with Crippen LogP contribution in [-0.2, 0) is 23.8 Å². The summed E-state index contributed by atoms with van der Waals surface area (Å²) in [5.41, 5.74) is 1.65. The summed E-state index contributed by atoms with van der Waals surface area (Å²) in [6.07, 6.45) is 0. The van der Waals surface area contributed by atoms with E-state index in [0.717, 1.165) is 5.56 Å². The molecule has 0 spiro atoms. The highest BCUT2D eigenvalue weighted by Gasteiger charge is 2.68. The van der Waals surface area contributed by atoms with Gasteiger partial charge in [0.2, 0.25) is 0 Å². The first-order chi connectivity index (χ1) is 16.3. The summed E-state index contributed by atoms with van der Waals surface area (Å²) in [4.78, 5) is 0. The van der Waals surface area contributed by atoms with E-state index >= 15 is 0 Å². The third-order valence-electron chi connectivity index (χ3n) is 9.08. The van der Waals surface area contributed by atoms with Gasteiger partial charge >= 0.3 is 14.2 Å². The average Bonchev–Trinajstić information content (AvgIpc) is 3.12. The van der Waals surface area contributed by atoms with Crippen molar-refractivity contribution in [3.63, 3.8) is 0 Å². The highest BCUT2D eigenvalue weighted by Crippen LogP contribution is 2.49. The largest absolute Gasteiger partial charge is 0.466 e. The van der Waals surface area contributed by atoms with Crippen LogP contribution in [0.3, 0.4) is 0 Å². The lowest BCUT2D eigenvalue weighted by atomic mass is 9.37. The molecule has 4 nitrogen and oxygen atoms in total. The minimum atomic E-state index is -1.32. The molecule has 0 aromatic heterocycles. The Morgan fingerprint density at radius 3 is 1.17 bits per heavy atom. The molecule has 7 heteroatoms. The third kappa shape index (κ3) is 4.56. The van der Waals surface area contributed by atoms with Crippen molar-refractivity contribution in [1.29, 1.82) is 0 Å². The number of benzene rings is 2. The molecule has 2 aromatic carbocycles. The van der Waals surface area contributed by atoms with E-state index in [1.807, 2.05) is 0 Å². The van der Waals surface area contributed by atoms with Crippen molar-refractivity contribution >= 4 is 27.5 Å². The van der Waals surface area contributed by atoms with Crippen LogP contribution in [0.4, 0.5) is 0 Å². The molecule has 194 valence electrons. The van der Waals surface area contributed by atoms with Gasteiger partial charge in [0, 0.05) is 0 Å². The van der Waals surface area contributed by atoms with Gasteiger partial charge in [0.25, 0.3) is 0 Å². The smallest absolute Gasteiger partial charge is 0.403 e. The van der Waals surface area contributed by atoms with E-state index in [9.17, 15) is 0 Å². The summed E-state index contributed by atoms with van der Waals surface area (Å²) in [7, 11) is -2.38. The number of hydrogen-bond donors (Lipinski definition) is 0. The molecule has 0 aliphatic carbocycles. The molecule has 4 rings (SSSR count). The molecule has 2 aliphatic heterocycles. The SMILES string of the molecule is CC(B1OC(C)(C)C(C)(C)O1)(B1OC(C)(C)C(C)(C)O1)c1ccc(-c2ccc([Si](C)(C)C)cc2)cc1. The van der Waals surface area contributed by atoms with E-state index in [4.69, 9.17) is 18.6 Å². The number of hydrogen-bond acceptors (Lipinski definition) is 4. The maximum Gasteiger partial charge on any atom is 0.466 e. The van der Waals surface area contributed by atoms with Crippen molar-refractivity contribution in [1.82, 2.24) is 0 Å².